The molecular weight excluding hydrogens is 458 g/mol. The van der Waals surface area contributed by atoms with Crippen molar-refractivity contribution in [3.63, 3.8) is 0 Å². The van der Waals surface area contributed by atoms with Crippen molar-refractivity contribution in [1.82, 2.24) is 9.88 Å². The van der Waals surface area contributed by atoms with Gasteiger partial charge in [-0.2, -0.15) is 0 Å². The molecule has 2 aromatic rings. The number of benzene rings is 1. The second kappa shape index (κ2) is 12.2. The van der Waals surface area contributed by atoms with Crippen molar-refractivity contribution >= 4 is 23.4 Å². The molecule has 5 rings (SSSR count). The fourth-order valence-electron chi connectivity index (χ4n) is 5.28. The van der Waals surface area contributed by atoms with E-state index in [1.54, 1.807) is 0 Å². The van der Waals surface area contributed by atoms with Gasteiger partial charge in [-0.05, 0) is 79.2 Å². The van der Waals surface area contributed by atoms with Crippen LogP contribution in [0.15, 0.2) is 30.3 Å². The summed E-state index contributed by atoms with van der Waals surface area (Å²) in [5, 5.41) is 13.7. The zero-order chi connectivity index (χ0) is 24.8. The number of halogens is 1. The van der Waals surface area contributed by atoms with Crippen molar-refractivity contribution < 1.29 is 9.90 Å². The highest BCUT2D eigenvalue weighted by molar-refractivity contribution is 6.31. The molecule has 1 aromatic carbocycles. The largest absolute Gasteiger partial charge is 0.480 e. The zero-order valence-electron chi connectivity index (χ0n) is 21.2. The van der Waals surface area contributed by atoms with Crippen molar-refractivity contribution in [1.29, 1.82) is 0 Å². The van der Waals surface area contributed by atoms with Gasteiger partial charge in [-0.3, -0.25) is 9.69 Å². The Balaban J connectivity index is 0.000000168. The maximum atomic E-state index is 11.7. The topological polar surface area (TPSA) is 65.5 Å². The van der Waals surface area contributed by atoms with Crippen molar-refractivity contribution in [3.05, 3.63) is 57.7 Å². The molecule has 0 bridgehead atoms. The number of fused-ring (bicyclic) bond motifs is 1. The standard InChI is InChI=1S/C15H18ClNO2.C14H22N2/c1-9-7-17(8-9)14(15(18)19)11-3-2-4-12(16)13(11)10-5-6-10;1-2-3-4-5-8-13-10-9-12-7-6-11-15-14(12)16-13/h2-4,9-10,14H,5-8H2,1H3,(H,18,19);9-10H,2-8,11H2,1H3,(H,15,16). The smallest absolute Gasteiger partial charge is 0.325 e. The van der Waals surface area contributed by atoms with E-state index in [0.717, 1.165) is 60.9 Å². The summed E-state index contributed by atoms with van der Waals surface area (Å²) in [7, 11) is 0. The Morgan fingerprint density at radius 1 is 1.20 bits per heavy atom. The molecule has 1 saturated heterocycles. The minimum Gasteiger partial charge on any atom is -0.480 e. The lowest BCUT2D eigenvalue weighted by Crippen LogP contribution is -2.49. The summed E-state index contributed by atoms with van der Waals surface area (Å²) in [5.41, 5.74) is 4.61. The third-order valence-corrected chi connectivity index (χ3v) is 7.63. The van der Waals surface area contributed by atoms with Gasteiger partial charge < -0.3 is 10.4 Å². The van der Waals surface area contributed by atoms with Crippen LogP contribution >= 0.6 is 11.6 Å². The monoisotopic (exact) mass is 497 g/mol. The first-order chi connectivity index (χ1) is 17.0. The van der Waals surface area contributed by atoms with Crippen molar-refractivity contribution in [2.24, 2.45) is 5.92 Å². The van der Waals surface area contributed by atoms with Crippen molar-refractivity contribution in [2.45, 2.75) is 83.6 Å². The number of hydrogen-bond donors (Lipinski definition) is 2. The molecule has 3 heterocycles. The summed E-state index contributed by atoms with van der Waals surface area (Å²) in [5.74, 6) is 1.42. The zero-order valence-corrected chi connectivity index (χ0v) is 22.0. The third kappa shape index (κ3) is 6.77. The molecule has 5 nitrogen and oxygen atoms in total. The summed E-state index contributed by atoms with van der Waals surface area (Å²) in [6.07, 6.45) is 11.1. The minimum absolute atomic E-state index is 0.462. The number of aliphatic carboxylic acids is 1. The normalized spacial score (nSPS) is 18.5. The first-order valence-electron chi connectivity index (χ1n) is 13.5. The Morgan fingerprint density at radius 3 is 2.69 bits per heavy atom. The summed E-state index contributed by atoms with van der Waals surface area (Å²) >= 11 is 6.30. The number of anilines is 1. The highest BCUT2D eigenvalue weighted by Gasteiger charge is 2.39. The number of nitrogens with zero attached hydrogens (tertiary/aromatic N) is 2. The van der Waals surface area contributed by atoms with E-state index in [0.29, 0.717) is 11.8 Å². The van der Waals surface area contributed by atoms with Gasteiger partial charge in [0, 0.05) is 30.4 Å². The fourth-order valence-corrected chi connectivity index (χ4v) is 5.62. The Kier molecular flexibility index (Phi) is 9.07. The van der Waals surface area contributed by atoms with Crippen LogP contribution < -0.4 is 5.32 Å². The van der Waals surface area contributed by atoms with Gasteiger partial charge in [0.15, 0.2) is 0 Å². The van der Waals surface area contributed by atoms with Crippen molar-refractivity contribution in [2.75, 3.05) is 25.0 Å². The maximum Gasteiger partial charge on any atom is 0.325 e. The molecule has 2 N–H and O–H groups in total. The lowest BCUT2D eigenvalue weighted by atomic mass is 9.91. The molecule has 1 aliphatic carbocycles. The SMILES string of the molecule is CC1CN(C(C(=O)O)c2cccc(Cl)c2C2CC2)C1.CCCCCCc1ccc2c(n1)NCCC2. The number of likely N-dealkylation sites (tertiary alicyclic amines) is 1. The molecule has 2 fully saturated rings. The van der Waals surface area contributed by atoms with Gasteiger partial charge in [0.05, 0.1) is 0 Å². The molecule has 0 radical (unpaired) electrons. The van der Waals surface area contributed by atoms with Gasteiger partial charge in [-0.25, -0.2) is 4.98 Å². The molecule has 0 spiro atoms. The van der Waals surface area contributed by atoms with E-state index in [1.807, 2.05) is 23.1 Å². The number of pyridine rings is 1. The summed E-state index contributed by atoms with van der Waals surface area (Å²) in [4.78, 5) is 18.4. The second-order valence-corrected chi connectivity index (χ2v) is 10.9. The molecule has 35 heavy (non-hydrogen) atoms. The fraction of sp³-hybridized carbons (Fsp3) is 0.586. The number of aryl methyl sites for hydroxylation is 2. The van der Waals surface area contributed by atoms with E-state index in [-0.39, 0.29) is 0 Å². The Morgan fingerprint density at radius 2 is 2.00 bits per heavy atom. The van der Waals surface area contributed by atoms with Crippen LogP contribution in [0.2, 0.25) is 5.02 Å². The van der Waals surface area contributed by atoms with E-state index in [2.05, 4.69) is 31.3 Å². The molecule has 0 amide bonds. The van der Waals surface area contributed by atoms with Crippen LogP contribution in [-0.2, 0) is 17.6 Å². The average molecular weight is 498 g/mol. The van der Waals surface area contributed by atoms with Gasteiger partial charge in [0.2, 0.25) is 0 Å². The number of carbonyl (C=O) groups is 1. The number of hydrogen-bond acceptors (Lipinski definition) is 4. The highest BCUT2D eigenvalue weighted by atomic mass is 35.5. The molecule has 2 aliphatic heterocycles. The summed E-state index contributed by atoms with van der Waals surface area (Å²) < 4.78 is 0. The first-order valence-corrected chi connectivity index (χ1v) is 13.8. The predicted octanol–water partition coefficient (Wildman–Crippen LogP) is 6.86. The molecule has 1 unspecified atom stereocenters. The van der Waals surface area contributed by atoms with Crippen LogP contribution in [0, 0.1) is 5.92 Å². The molecule has 6 heteroatoms. The van der Waals surface area contributed by atoms with Crippen LogP contribution in [0.4, 0.5) is 5.82 Å². The predicted molar refractivity (Wildman–Crippen MR) is 143 cm³/mol. The van der Waals surface area contributed by atoms with Gasteiger partial charge in [-0.1, -0.05) is 62.9 Å². The van der Waals surface area contributed by atoms with Crippen molar-refractivity contribution in [3.8, 4) is 0 Å². The van der Waals surface area contributed by atoms with Crippen LogP contribution in [0.25, 0.3) is 0 Å². The van der Waals surface area contributed by atoms with Crippen LogP contribution in [0.5, 0.6) is 0 Å². The molecule has 190 valence electrons. The number of carboxylic acid groups (broad SMARTS) is 1. The minimum atomic E-state index is -0.768. The van der Waals surface area contributed by atoms with Crippen LogP contribution in [-0.4, -0.2) is 40.6 Å². The number of aromatic nitrogens is 1. The Labute approximate surface area is 215 Å². The number of unbranched alkanes of at least 4 members (excludes halogenated alkanes) is 3. The molecule has 3 aliphatic rings. The van der Waals surface area contributed by atoms with Gasteiger partial charge >= 0.3 is 5.97 Å². The van der Waals surface area contributed by atoms with E-state index in [1.165, 1.54) is 49.8 Å². The number of rotatable bonds is 9. The van der Waals surface area contributed by atoms with E-state index < -0.39 is 12.0 Å². The quantitative estimate of drug-likeness (QED) is 0.370. The lowest BCUT2D eigenvalue weighted by Gasteiger charge is -2.41. The third-order valence-electron chi connectivity index (χ3n) is 7.30. The van der Waals surface area contributed by atoms with Crippen LogP contribution in [0.1, 0.15) is 93.1 Å². The summed E-state index contributed by atoms with van der Waals surface area (Å²) in [6.45, 7) is 7.19. The van der Waals surface area contributed by atoms with Crippen LogP contribution in [0.3, 0.4) is 0 Å². The molecular formula is C29H40ClN3O2. The number of carboxylic acids is 1. The Hall–Kier alpha value is -2.11. The Bertz CT molecular complexity index is 1000. The molecule has 1 atom stereocenters. The van der Waals surface area contributed by atoms with Gasteiger partial charge in [-0.15, -0.1) is 0 Å². The van der Waals surface area contributed by atoms with Gasteiger partial charge in [0.25, 0.3) is 0 Å². The van der Waals surface area contributed by atoms with E-state index >= 15 is 0 Å². The lowest BCUT2D eigenvalue weighted by molar-refractivity contribution is -0.146. The average Bonchev–Trinajstić information content (AvgIpc) is 3.66. The van der Waals surface area contributed by atoms with E-state index in [9.17, 15) is 9.90 Å². The molecule has 1 aromatic heterocycles. The number of nitrogens with one attached hydrogen (secondary N) is 1. The van der Waals surface area contributed by atoms with E-state index in [4.69, 9.17) is 16.6 Å². The maximum absolute atomic E-state index is 11.7. The van der Waals surface area contributed by atoms with Gasteiger partial charge in [0.1, 0.15) is 11.9 Å². The second-order valence-electron chi connectivity index (χ2n) is 10.5. The summed E-state index contributed by atoms with van der Waals surface area (Å²) in [6, 6.07) is 9.59. The highest BCUT2D eigenvalue weighted by Crippen LogP contribution is 2.47. The molecule has 1 saturated carbocycles. The first kappa shape index (κ1) is 26.0.